The number of fused-ring (bicyclic) bond motifs is 1. The number of carbonyl (C=O) groups excluding carboxylic acids is 2. The van der Waals surface area contributed by atoms with E-state index in [2.05, 4.69) is 6.07 Å². The van der Waals surface area contributed by atoms with Crippen LogP contribution in [0.5, 0.6) is 5.75 Å². The van der Waals surface area contributed by atoms with Gasteiger partial charge in [-0.25, -0.2) is 0 Å². The van der Waals surface area contributed by atoms with Crippen molar-refractivity contribution in [2.75, 3.05) is 18.6 Å². The number of benzene rings is 2. The molecule has 2 aliphatic heterocycles. The van der Waals surface area contributed by atoms with Gasteiger partial charge in [0, 0.05) is 22.7 Å². The van der Waals surface area contributed by atoms with E-state index in [1.54, 1.807) is 7.11 Å². The van der Waals surface area contributed by atoms with Crippen LogP contribution in [0, 0.1) is 0 Å². The molecule has 0 N–H and O–H groups in total. The van der Waals surface area contributed by atoms with Gasteiger partial charge in [-0.15, -0.1) is 11.3 Å². The number of imide groups is 1. The summed E-state index contributed by atoms with van der Waals surface area (Å²) in [5.41, 5.74) is 3.99. The summed E-state index contributed by atoms with van der Waals surface area (Å²) < 4.78 is 5.44. The highest BCUT2D eigenvalue weighted by molar-refractivity contribution is 7.11. The Morgan fingerprint density at radius 3 is 2.58 bits per heavy atom. The molecule has 0 saturated heterocycles. The predicted molar refractivity (Wildman–Crippen MR) is 122 cm³/mol. The first-order chi connectivity index (χ1) is 15.2. The SMILES string of the molecule is COc1ccccc1CN1C(=O)C(c2cccs2)=C(N2CCCc3ccccc32)C1=O. The first kappa shape index (κ1) is 19.6. The van der Waals surface area contributed by atoms with Gasteiger partial charge >= 0.3 is 0 Å². The van der Waals surface area contributed by atoms with E-state index in [1.807, 2.05) is 64.9 Å². The number of hydrogen-bond acceptors (Lipinski definition) is 5. The highest BCUT2D eigenvalue weighted by Gasteiger charge is 2.43. The zero-order valence-electron chi connectivity index (χ0n) is 17.2. The zero-order chi connectivity index (χ0) is 21.4. The minimum absolute atomic E-state index is 0.176. The molecule has 0 fully saturated rings. The number of carbonyl (C=O) groups is 2. The fourth-order valence-electron chi connectivity index (χ4n) is 4.37. The van der Waals surface area contributed by atoms with E-state index in [0.717, 1.165) is 29.0 Å². The zero-order valence-corrected chi connectivity index (χ0v) is 18.0. The Morgan fingerprint density at radius 1 is 0.968 bits per heavy atom. The van der Waals surface area contributed by atoms with E-state index in [1.165, 1.54) is 21.8 Å². The molecule has 0 bridgehead atoms. The summed E-state index contributed by atoms with van der Waals surface area (Å²) in [6, 6.07) is 19.5. The number of anilines is 1. The summed E-state index contributed by atoms with van der Waals surface area (Å²) >= 11 is 1.48. The largest absolute Gasteiger partial charge is 0.496 e. The van der Waals surface area contributed by atoms with Crippen LogP contribution in [0.25, 0.3) is 5.57 Å². The lowest BCUT2D eigenvalue weighted by atomic mass is 10.00. The average Bonchev–Trinajstić information content (AvgIpc) is 3.41. The molecule has 5 nitrogen and oxygen atoms in total. The second-order valence-electron chi connectivity index (χ2n) is 7.59. The molecule has 6 heteroatoms. The Hall–Kier alpha value is -3.38. The maximum absolute atomic E-state index is 13.7. The lowest BCUT2D eigenvalue weighted by Crippen LogP contribution is -2.36. The van der Waals surface area contributed by atoms with Gasteiger partial charge in [0.25, 0.3) is 11.8 Å². The van der Waals surface area contributed by atoms with E-state index in [0.29, 0.717) is 23.6 Å². The van der Waals surface area contributed by atoms with E-state index < -0.39 is 0 Å². The third-order valence-electron chi connectivity index (χ3n) is 5.81. The Labute approximate surface area is 185 Å². The normalized spacial score (nSPS) is 16.2. The van der Waals surface area contributed by atoms with Crippen molar-refractivity contribution in [3.05, 3.63) is 87.7 Å². The monoisotopic (exact) mass is 430 g/mol. The van der Waals surface area contributed by atoms with Crippen LogP contribution in [0.3, 0.4) is 0 Å². The molecule has 0 radical (unpaired) electrons. The van der Waals surface area contributed by atoms with Crippen LogP contribution in [0.4, 0.5) is 5.69 Å². The van der Waals surface area contributed by atoms with Crippen molar-refractivity contribution in [3.63, 3.8) is 0 Å². The number of aryl methyl sites for hydroxylation is 1. The molecule has 3 aromatic rings. The summed E-state index contributed by atoms with van der Waals surface area (Å²) in [7, 11) is 1.60. The lowest BCUT2D eigenvalue weighted by molar-refractivity contribution is -0.137. The second-order valence-corrected chi connectivity index (χ2v) is 8.54. The van der Waals surface area contributed by atoms with Gasteiger partial charge in [-0.05, 0) is 42.0 Å². The molecule has 5 rings (SSSR count). The van der Waals surface area contributed by atoms with Gasteiger partial charge < -0.3 is 9.64 Å². The van der Waals surface area contributed by atoms with Crippen LogP contribution >= 0.6 is 11.3 Å². The number of ether oxygens (including phenoxy) is 1. The van der Waals surface area contributed by atoms with Gasteiger partial charge in [-0.3, -0.25) is 14.5 Å². The molecule has 2 amide bonds. The van der Waals surface area contributed by atoms with Crippen LogP contribution in [-0.2, 0) is 22.6 Å². The topological polar surface area (TPSA) is 49.9 Å². The molecule has 0 aliphatic carbocycles. The minimum atomic E-state index is -0.254. The molecule has 3 heterocycles. The molecule has 156 valence electrons. The number of para-hydroxylation sites is 2. The van der Waals surface area contributed by atoms with Crippen LogP contribution in [0.1, 0.15) is 22.4 Å². The fraction of sp³-hybridized carbons (Fsp3) is 0.200. The molecule has 0 spiro atoms. The summed E-state index contributed by atoms with van der Waals surface area (Å²) in [5, 5.41) is 1.94. The first-order valence-corrected chi connectivity index (χ1v) is 11.2. The van der Waals surface area contributed by atoms with E-state index in [9.17, 15) is 9.59 Å². The highest BCUT2D eigenvalue weighted by Crippen LogP contribution is 2.39. The van der Waals surface area contributed by atoms with Gasteiger partial charge in [-0.1, -0.05) is 42.5 Å². The maximum atomic E-state index is 13.7. The Balaban J connectivity index is 1.60. The molecule has 1 aromatic heterocycles. The third-order valence-corrected chi connectivity index (χ3v) is 6.70. The van der Waals surface area contributed by atoms with Crippen molar-refractivity contribution in [1.82, 2.24) is 4.90 Å². The fourth-order valence-corrected chi connectivity index (χ4v) is 5.13. The molecule has 0 atom stereocenters. The van der Waals surface area contributed by atoms with Gasteiger partial charge in [-0.2, -0.15) is 0 Å². The molecule has 31 heavy (non-hydrogen) atoms. The van der Waals surface area contributed by atoms with Crippen LogP contribution in [0.2, 0.25) is 0 Å². The molecule has 0 saturated carbocycles. The Morgan fingerprint density at radius 2 is 1.77 bits per heavy atom. The summed E-state index contributed by atoms with van der Waals surface area (Å²) in [5.74, 6) is 0.157. The third kappa shape index (κ3) is 3.33. The van der Waals surface area contributed by atoms with Crippen molar-refractivity contribution >= 4 is 34.4 Å². The molecular weight excluding hydrogens is 408 g/mol. The van der Waals surface area contributed by atoms with E-state index in [-0.39, 0.29) is 18.4 Å². The van der Waals surface area contributed by atoms with Crippen molar-refractivity contribution < 1.29 is 14.3 Å². The van der Waals surface area contributed by atoms with Crippen molar-refractivity contribution in [2.45, 2.75) is 19.4 Å². The Bertz CT molecular complexity index is 1180. The van der Waals surface area contributed by atoms with E-state index in [4.69, 9.17) is 4.74 Å². The molecular formula is C25H22N2O3S. The number of rotatable bonds is 5. The van der Waals surface area contributed by atoms with Crippen LogP contribution < -0.4 is 9.64 Å². The smallest absolute Gasteiger partial charge is 0.278 e. The lowest BCUT2D eigenvalue weighted by Gasteiger charge is -2.32. The number of thiophene rings is 1. The van der Waals surface area contributed by atoms with Gasteiger partial charge in [0.15, 0.2) is 0 Å². The second kappa shape index (κ2) is 8.04. The van der Waals surface area contributed by atoms with Crippen molar-refractivity contribution in [2.24, 2.45) is 0 Å². The van der Waals surface area contributed by atoms with Crippen molar-refractivity contribution in [1.29, 1.82) is 0 Å². The van der Waals surface area contributed by atoms with Gasteiger partial charge in [0.05, 0.1) is 19.2 Å². The molecule has 0 unspecified atom stereocenters. The minimum Gasteiger partial charge on any atom is -0.496 e. The quantitative estimate of drug-likeness (QED) is 0.560. The average molecular weight is 431 g/mol. The maximum Gasteiger partial charge on any atom is 0.278 e. The van der Waals surface area contributed by atoms with Crippen LogP contribution in [0.15, 0.2) is 71.7 Å². The van der Waals surface area contributed by atoms with Gasteiger partial charge in [0.1, 0.15) is 11.4 Å². The number of hydrogen-bond donors (Lipinski definition) is 0. The first-order valence-electron chi connectivity index (χ1n) is 10.3. The molecule has 2 aliphatic rings. The predicted octanol–water partition coefficient (Wildman–Crippen LogP) is 4.49. The Kier molecular flexibility index (Phi) is 5.08. The highest BCUT2D eigenvalue weighted by atomic mass is 32.1. The number of amides is 2. The standard InChI is InChI=1S/C25H22N2O3S/c1-30-20-12-5-3-9-18(20)16-27-24(28)22(21-13-7-15-31-21)23(25(27)29)26-14-6-10-17-8-2-4-11-19(17)26/h2-5,7-9,11-13,15H,6,10,14,16H2,1H3. The summed E-state index contributed by atoms with van der Waals surface area (Å²) in [4.78, 5) is 31.5. The van der Waals surface area contributed by atoms with Crippen LogP contribution in [-0.4, -0.2) is 30.4 Å². The number of methoxy groups -OCH3 is 1. The van der Waals surface area contributed by atoms with E-state index >= 15 is 0 Å². The summed E-state index contributed by atoms with van der Waals surface area (Å²) in [6.45, 7) is 0.887. The summed E-state index contributed by atoms with van der Waals surface area (Å²) in [6.07, 6.45) is 1.91. The number of nitrogens with zero attached hydrogens (tertiary/aromatic N) is 2. The molecule has 2 aromatic carbocycles. The van der Waals surface area contributed by atoms with Crippen molar-refractivity contribution in [3.8, 4) is 5.75 Å². The van der Waals surface area contributed by atoms with Gasteiger partial charge in [0.2, 0.25) is 0 Å².